The summed E-state index contributed by atoms with van der Waals surface area (Å²) in [6.45, 7) is 7.49. The molecule has 1 atom stereocenters. The van der Waals surface area contributed by atoms with E-state index in [4.69, 9.17) is 4.74 Å². The fourth-order valence-electron chi connectivity index (χ4n) is 3.51. The number of rotatable bonds is 4. The van der Waals surface area contributed by atoms with Gasteiger partial charge in [-0.25, -0.2) is 0 Å². The van der Waals surface area contributed by atoms with E-state index in [9.17, 15) is 0 Å². The van der Waals surface area contributed by atoms with Crippen molar-refractivity contribution in [1.82, 2.24) is 20.0 Å². The Morgan fingerprint density at radius 1 is 1.31 bits per heavy atom. The smallest absolute Gasteiger partial charge is 0.193 e. The fraction of sp³-hybridized carbons (Fsp3) is 0.500. The van der Waals surface area contributed by atoms with Crippen LogP contribution < -0.4 is 5.32 Å². The normalized spacial score (nSPS) is 18.2. The average Bonchev–Trinajstić information content (AvgIpc) is 3.04. The fourth-order valence-corrected chi connectivity index (χ4v) is 3.51. The maximum atomic E-state index is 5.92. The number of hydrogen-bond donors (Lipinski definition) is 1. The van der Waals surface area contributed by atoms with E-state index in [0.29, 0.717) is 6.61 Å². The number of hydrogen-bond acceptors (Lipinski definition) is 3. The van der Waals surface area contributed by atoms with E-state index in [1.54, 1.807) is 0 Å². The molecule has 26 heavy (non-hydrogen) atoms. The highest BCUT2D eigenvalue weighted by Crippen LogP contribution is 2.21. The molecule has 1 N–H and O–H groups in total. The first-order valence-electron chi connectivity index (χ1n) is 9.18. The Labute approximate surface area is 155 Å². The Kier molecular flexibility index (Phi) is 5.93. The number of nitrogens with zero attached hydrogens (tertiary/aromatic N) is 4. The predicted octanol–water partition coefficient (Wildman–Crippen LogP) is 2.23. The molecule has 1 aliphatic rings. The Balaban J connectivity index is 1.56. The molecule has 0 spiro atoms. The highest BCUT2D eigenvalue weighted by molar-refractivity contribution is 5.80. The van der Waals surface area contributed by atoms with Crippen LogP contribution in [0.3, 0.4) is 0 Å². The van der Waals surface area contributed by atoms with Crippen molar-refractivity contribution < 1.29 is 4.74 Å². The van der Waals surface area contributed by atoms with Gasteiger partial charge >= 0.3 is 0 Å². The van der Waals surface area contributed by atoms with Crippen LogP contribution in [0, 0.1) is 13.8 Å². The number of aromatic nitrogens is 2. The van der Waals surface area contributed by atoms with Crippen LogP contribution in [0.15, 0.2) is 35.6 Å². The summed E-state index contributed by atoms with van der Waals surface area (Å²) < 4.78 is 7.74. The summed E-state index contributed by atoms with van der Waals surface area (Å²) >= 11 is 0. The maximum absolute atomic E-state index is 5.92. The Hall–Kier alpha value is -2.34. The number of ether oxygens (including phenoxy) is 1. The number of aliphatic imine (C=N–C) groups is 1. The van der Waals surface area contributed by atoms with Gasteiger partial charge in [-0.2, -0.15) is 5.10 Å². The Bertz CT molecular complexity index is 747. The Morgan fingerprint density at radius 3 is 2.73 bits per heavy atom. The standard InChI is InChI=1S/C20H29N5O/c1-15-9-16(2)11-17(10-15)5-6-22-20(21-3)25-7-8-26-19(14-25)18-12-23-24(4)13-18/h9-13,19H,5-8,14H2,1-4H3,(H,21,22). The molecule has 1 aliphatic heterocycles. The van der Waals surface area contributed by atoms with E-state index in [0.717, 1.165) is 37.6 Å². The van der Waals surface area contributed by atoms with Gasteiger partial charge in [0.25, 0.3) is 0 Å². The topological polar surface area (TPSA) is 54.7 Å². The van der Waals surface area contributed by atoms with Gasteiger partial charge in [0.2, 0.25) is 0 Å². The molecule has 1 saturated heterocycles. The van der Waals surface area contributed by atoms with Gasteiger partial charge in [0.1, 0.15) is 6.10 Å². The van der Waals surface area contributed by atoms with Crippen molar-refractivity contribution in [3.05, 3.63) is 52.8 Å². The Morgan fingerprint density at radius 2 is 2.08 bits per heavy atom. The lowest BCUT2D eigenvalue weighted by Gasteiger charge is -2.34. The molecule has 0 bridgehead atoms. The number of guanidine groups is 1. The summed E-state index contributed by atoms with van der Waals surface area (Å²) in [6.07, 6.45) is 4.92. The molecule has 140 valence electrons. The van der Waals surface area contributed by atoms with Gasteiger partial charge in [-0.15, -0.1) is 0 Å². The summed E-state index contributed by atoms with van der Waals surface area (Å²) in [4.78, 5) is 6.73. The minimum Gasteiger partial charge on any atom is -0.370 e. The molecule has 0 radical (unpaired) electrons. The zero-order valence-electron chi connectivity index (χ0n) is 16.2. The monoisotopic (exact) mass is 355 g/mol. The lowest BCUT2D eigenvalue weighted by atomic mass is 10.1. The van der Waals surface area contributed by atoms with Crippen molar-refractivity contribution in [2.24, 2.45) is 12.0 Å². The molecule has 1 aromatic carbocycles. The summed E-state index contributed by atoms with van der Waals surface area (Å²) in [6, 6.07) is 6.72. The third-order valence-corrected chi connectivity index (χ3v) is 4.65. The lowest BCUT2D eigenvalue weighted by Crippen LogP contribution is -2.48. The number of morpholine rings is 1. The van der Waals surface area contributed by atoms with Crippen molar-refractivity contribution in [3.63, 3.8) is 0 Å². The van der Waals surface area contributed by atoms with Gasteiger partial charge in [-0.05, 0) is 25.8 Å². The highest BCUT2D eigenvalue weighted by atomic mass is 16.5. The minimum absolute atomic E-state index is 0.0374. The molecule has 1 fully saturated rings. The first kappa shape index (κ1) is 18.5. The second-order valence-electron chi connectivity index (χ2n) is 6.97. The van der Waals surface area contributed by atoms with Gasteiger partial charge in [0.05, 0.1) is 19.3 Å². The third kappa shape index (κ3) is 4.64. The minimum atomic E-state index is 0.0374. The van der Waals surface area contributed by atoms with Crippen molar-refractivity contribution in [2.45, 2.75) is 26.4 Å². The molecule has 6 heteroatoms. The summed E-state index contributed by atoms with van der Waals surface area (Å²) in [7, 11) is 3.77. The van der Waals surface area contributed by atoms with Crippen molar-refractivity contribution in [3.8, 4) is 0 Å². The number of aryl methyl sites for hydroxylation is 3. The van der Waals surface area contributed by atoms with Crippen LogP contribution in [0.1, 0.15) is 28.4 Å². The molecule has 3 rings (SSSR count). The van der Waals surface area contributed by atoms with E-state index in [-0.39, 0.29) is 6.10 Å². The maximum Gasteiger partial charge on any atom is 0.193 e. The molecule has 0 aliphatic carbocycles. The van der Waals surface area contributed by atoms with Crippen LogP contribution in [0.5, 0.6) is 0 Å². The van der Waals surface area contributed by atoms with Gasteiger partial charge in [0, 0.05) is 38.9 Å². The molecule has 0 amide bonds. The largest absolute Gasteiger partial charge is 0.370 e. The summed E-state index contributed by atoms with van der Waals surface area (Å²) in [5, 5.41) is 7.75. The zero-order chi connectivity index (χ0) is 18.5. The van der Waals surface area contributed by atoms with Crippen molar-refractivity contribution in [2.75, 3.05) is 33.3 Å². The summed E-state index contributed by atoms with van der Waals surface area (Å²) in [5.41, 5.74) is 5.11. The SMILES string of the molecule is CN=C(NCCc1cc(C)cc(C)c1)N1CCOC(c2cnn(C)c2)C1. The number of benzene rings is 1. The molecule has 0 saturated carbocycles. The van der Waals surface area contributed by atoms with E-state index >= 15 is 0 Å². The highest BCUT2D eigenvalue weighted by Gasteiger charge is 2.24. The van der Waals surface area contributed by atoms with Crippen LogP contribution in [0.4, 0.5) is 0 Å². The summed E-state index contributed by atoms with van der Waals surface area (Å²) in [5.74, 6) is 0.937. The number of nitrogens with one attached hydrogen (secondary N) is 1. The third-order valence-electron chi connectivity index (χ3n) is 4.65. The lowest BCUT2D eigenvalue weighted by molar-refractivity contribution is -0.00800. The second-order valence-corrected chi connectivity index (χ2v) is 6.97. The molecule has 1 aromatic heterocycles. The quantitative estimate of drug-likeness (QED) is 0.675. The van der Waals surface area contributed by atoms with Gasteiger partial charge < -0.3 is 15.0 Å². The van der Waals surface area contributed by atoms with Crippen molar-refractivity contribution >= 4 is 5.96 Å². The van der Waals surface area contributed by atoms with E-state index < -0.39 is 0 Å². The van der Waals surface area contributed by atoms with Crippen molar-refractivity contribution in [1.29, 1.82) is 0 Å². The molecular weight excluding hydrogens is 326 g/mol. The molecular formula is C20H29N5O. The molecule has 1 unspecified atom stereocenters. The van der Waals surface area contributed by atoms with E-state index in [1.807, 2.05) is 31.2 Å². The molecule has 6 nitrogen and oxygen atoms in total. The van der Waals surface area contributed by atoms with Crippen LogP contribution in [0.2, 0.25) is 0 Å². The molecule has 2 aromatic rings. The zero-order valence-corrected chi connectivity index (χ0v) is 16.2. The first-order chi connectivity index (χ1) is 12.5. The van der Waals surface area contributed by atoms with Crippen LogP contribution in [-0.2, 0) is 18.2 Å². The van der Waals surface area contributed by atoms with Gasteiger partial charge in [-0.1, -0.05) is 29.3 Å². The average molecular weight is 355 g/mol. The first-order valence-corrected chi connectivity index (χ1v) is 9.18. The van der Waals surface area contributed by atoms with E-state index in [2.05, 4.69) is 52.4 Å². The predicted molar refractivity (Wildman–Crippen MR) is 104 cm³/mol. The van der Waals surface area contributed by atoms with Gasteiger partial charge in [0.15, 0.2) is 5.96 Å². The van der Waals surface area contributed by atoms with Crippen LogP contribution in [0.25, 0.3) is 0 Å². The second kappa shape index (κ2) is 8.36. The van der Waals surface area contributed by atoms with E-state index in [1.165, 1.54) is 16.7 Å². The molecule has 2 heterocycles. The van der Waals surface area contributed by atoms with Crippen LogP contribution >= 0.6 is 0 Å². The van der Waals surface area contributed by atoms with Gasteiger partial charge in [-0.3, -0.25) is 9.67 Å². The van der Waals surface area contributed by atoms with Crippen LogP contribution in [-0.4, -0.2) is 53.9 Å².